The summed E-state index contributed by atoms with van der Waals surface area (Å²) in [7, 11) is -3.12. The molecule has 0 amide bonds. The third kappa shape index (κ3) is 5.53. The van der Waals surface area contributed by atoms with Crippen LogP contribution in [-0.2, 0) is 16.6 Å². The Morgan fingerprint density at radius 2 is 2.30 bits per heavy atom. The highest BCUT2D eigenvalue weighted by Gasteiger charge is 2.23. The van der Waals surface area contributed by atoms with Crippen LogP contribution in [0.4, 0.5) is 5.13 Å². The van der Waals surface area contributed by atoms with Gasteiger partial charge in [0.1, 0.15) is 0 Å². The molecule has 1 aliphatic heterocycles. The zero-order chi connectivity index (χ0) is 13.9. The first-order valence-electron chi connectivity index (χ1n) is 6.33. The number of hydrogen-bond donors (Lipinski definition) is 2. The number of piperidine rings is 1. The summed E-state index contributed by atoms with van der Waals surface area (Å²) in [5.41, 5.74) is 5.63. The van der Waals surface area contributed by atoms with Gasteiger partial charge in [-0.3, -0.25) is 4.90 Å². The van der Waals surface area contributed by atoms with Gasteiger partial charge in [0, 0.05) is 30.2 Å². The van der Waals surface area contributed by atoms with E-state index >= 15 is 0 Å². The van der Waals surface area contributed by atoms with Crippen LogP contribution in [0.15, 0.2) is 6.20 Å². The summed E-state index contributed by atoms with van der Waals surface area (Å²) >= 11 is 1.49. The minimum atomic E-state index is -3.12. The molecular weight excluding hydrogens is 320 g/mol. The molecule has 1 aromatic rings. The molecule has 0 bridgehead atoms. The fourth-order valence-electron chi connectivity index (χ4n) is 2.34. The van der Waals surface area contributed by atoms with E-state index in [9.17, 15) is 8.42 Å². The number of likely N-dealkylation sites (tertiary alicyclic amines) is 1. The summed E-state index contributed by atoms with van der Waals surface area (Å²) in [5.74, 6) is 0. The quantitative estimate of drug-likeness (QED) is 0.836. The zero-order valence-corrected chi connectivity index (χ0v) is 13.9. The summed E-state index contributed by atoms with van der Waals surface area (Å²) < 4.78 is 25.0. The second-order valence-electron chi connectivity index (χ2n) is 4.91. The van der Waals surface area contributed by atoms with E-state index in [1.807, 2.05) is 0 Å². The van der Waals surface area contributed by atoms with Crippen molar-refractivity contribution in [2.45, 2.75) is 31.8 Å². The van der Waals surface area contributed by atoms with Crippen molar-refractivity contribution < 1.29 is 8.42 Å². The van der Waals surface area contributed by atoms with Gasteiger partial charge in [0.2, 0.25) is 10.0 Å². The molecule has 0 radical (unpaired) electrons. The first-order valence-corrected chi connectivity index (χ1v) is 9.04. The molecule has 0 spiro atoms. The van der Waals surface area contributed by atoms with Gasteiger partial charge in [-0.2, -0.15) is 0 Å². The molecule has 20 heavy (non-hydrogen) atoms. The number of sulfonamides is 1. The molecule has 0 saturated carbocycles. The van der Waals surface area contributed by atoms with Crippen molar-refractivity contribution >= 4 is 38.9 Å². The first kappa shape index (κ1) is 17.6. The van der Waals surface area contributed by atoms with Gasteiger partial charge in [-0.1, -0.05) is 6.42 Å². The van der Waals surface area contributed by atoms with Gasteiger partial charge in [0.05, 0.1) is 6.26 Å². The molecule has 0 aliphatic carbocycles. The number of rotatable bonds is 5. The van der Waals surface area contributed by atoms with Crippen LogP contribution in [0.3, 0.4) is 0 Å². The van der Waals surface area contributed by atoms with Crippen molar-refractivity contribution in [1.29, 1.82) is 0 Å². The van der Waals surface area contributed by atoms with Crippen molar-refractivity contribution in [2.75, 3.05) is 25.1 Å². The molecule has 6 nitrogen and oxygen atoms in total. The largest absolute Gasteiger partial charge is 0.375 e. The van der Waals surface area contributed by atoms with Crippen LogP contribution in [0.5, 0.6) is 0 Å². The fraction of sp³-hybridized carbons (Fsp3) is 0.727. The summed E-state index contributed by atoms with van der Waals surface area (Å²) in [6.07, 6.45) is 6.33. The van der Waals surface area contributed by atoms with Gasteiger partial charge in [-0.25, -0.2) is 18.1 Å². The highest BCUT2D eigenvalue weighted by molar-refractivity contribution is 7.88. The topological polar surface area (TPSA) is 88.3 Å². The molecule has 1 aliphatic rings. The van der Waals surface area contributed by atoms with E-state index in [0.717, 1.165) is 37.2 Å². The van der Waals surface area contributed by atoms with Gasteiger partial charge in [-0.05, 0) is 19.4 Å². The molecule has 1 aromatic heterocycles. The minimum Gasteiger partial charge on any atom is -0.375 e. The lowest BCUT2D eigenvalue weighted by molar-refractivity contribution is 0.143. The van der Waals surface area contributed by atoms with Crippen LogP contribution < -0.4 is 10.5 Å². The number of hydrogen-bond acceptors (Lipinski definition) is 6. The van der Waals surface area contributed by atoms with Crippen molar-refractivity contribution in [2.24, 2.45) is 0 Å². The van der Waals surface area contributed by atoms with Crippen molar-refractivity contribution in [3.8, 4) is 0 Å². The van der Waals surface area contributed by atoms with E-state index in [-0.39, 0.29) is 18.4 Å². The average Bonchev–Trinajstić information content (AvgIpc) is 2.73. The number of nitrogens with two attached hydrogens (primary N) is 1. The Hall–Kier alpha value is -0.410. The molecular formula is C11H21ClN4O2S2. The van der Waals surface area contributed by atoms with Gasteiger partial charge < -0.3 is 5.73 Å². The number of nitrogen functional groups attached to an aromatic ring is 1. The maximum Gasteiger partial charge on any atom is 0.208 e. The lowest BCUT2D eigenvalue weighted by atomic mass is 10.0. The average molecular weight is 341 g/mol. The number of thiazole rings is 1. The normalized spacial score (nSPS) is 20.6. The lowest BCUT2D eigenvalue weighted by Crippen LogP contribution is -2.45. The van der Waals surface area contributed by atoms with Gasteiger partial charge >= 0.3 is 0 Å². The Bertz CT molecular complexity index is 520. The van der Waals surface area contributed by atoms with E-state index < -0.39 is 10.0 Å². The second-order valence-corrected chi connectivity index (χ2v) is 7.89. The molecule has 116 valence electrons. The second kappa shape index (κ2) is 7.56. The molecule has 3 N–H and O–H groups in total. The van der Waals surface area contributed by atoms with Crippen LogP contribution in [0, 0.1) is 0 Å². The number of halogens is 1. The molecule has 1 unspecified atom stereocenters. The summed E-state index contributed by atoms with van der Waals surface area (Å²) in [6.45, 7) is 2.27. The van der Waals surface area contributed by atoms with E-state index in [1.54, 1.807) is 6.20 Å². The Morgan fingerprint density at radius 3 is 2.90 bits per heavy atom. The molecule has 0 aromatic carbocycles. The smallest absolute Gasteiger partial charge is 0.208 e. The van der Waals surface area contributed by atoms with E-state index in [4.69, 9.17) is 5.73 Å². The SMILES string of the molecule is CS(=O)(=O)NCC1CCCCN1Cc1cnc(N)s1.Cl. The van der Waals surface area contributed by atoms with Crippen LogP contribution in [-0.4, -0.2) is 43.7 Å². The molecule has 1 saturated heterocycles. The predicted molar refractivity (Wildman–Crippen MR) is 84.7 cm³/mol. The number of nitrogens with one attached hydrogen (secondary N) is 1. The Morgan fingerprint density at radius 1 is 1.55 bits per heavy atom. The van der Waals surface area contributed by atoms with Gasteiger partial charge in [-0.15, -0.1) is 23.7 Å². The van der Waals surface area contributed by atoms with Gasteiger partial charge in [0.15, 0.2) is 5.13 Å². The highest BCUT2D eigenvalue weighted by Crippen LogP contribution is 2.22. The molecule has 2 heterocycles. The van der Waals surface area contributed by atoms with Gasteiger partial charge in [0.25, 0.3) is 0 Å². The summed E-state index contributed by atoms with van der Waals surface area (Å²) in [5, 5.41) is 0.581. The van der Waals surface area contributed by atoms with Crippen LogP contribution >= 0.6 is 23.7 Å². The van der Waals surface area contributed by atoms with E-state index in [2.05, 4.69) is 14.6 Å². The molecule has 1 atom stereocenters. The van der Waals surface area contributed by atoms with Crippen LogP contribution in [0.1, 0.15) is 24.1 Å². The van der Waals surface area contributed by atoms with Crippen molar-refractivity contribution in [1.82, 2.24) is 14.6 Å². The number of anilines is 1. The first-order chi connectivity index (χ1) is 8.94. The molecule has 9 heteroatoms. The minimum absolute atomic E-state index is 0. The standard InChI is InChI=1S/C11H20N4O2S2.ClH/c1-19(16,17)14-6-9-4-2-3-5-15(9)8-10-7-13-11(12)18-10;/h7,9,14H,2-6,8H2,1H3,(H2,12,13);1H. The molecule has 1 fully saturated rings. The Kier molecular flexibility index (Phi) is 6.67. The predicted octanol–water partition coefficient (Wildman–Crippen LogP) is 1.05. The van der Waals surface area contributed by atoms with E-state index in [1.165, 1.54) is 17.6 Å². The monoisotopic (exact) mass is 340 g/mol. The lowest BCUT2D eigenvalue weighted by Gasteiger charge is -2.35. The van der Waals surface area contributed by atoms with Crippen molar-refractivity contribution in [3.05, 3.63) is 11.1 Å². The Labute approximate surface area is 130 Å². The Balaban J connectivity index is 0.00000200. The number of aromatic nitrogens is 1. The third-order valence-electron chi connectivity index (χ3n) is 3.26. The van der Waals surface area contributed by atoms with Crippen molar-refractivity contribution in [3.63, 3.8) is 0 Å². The maximum absolute atomic E-state index is 11.2. The van der Waals surface area contributed by atoms with Crippen LogP contribution in [0.2, 0.25) is 0 Å². The highest BCUT2D eigenvalue weighted by atomic mass is 35.5. The van der Waals surface area contributed by atoms with Crippen LogP contribution in [0.25, 0.3) is 0 Å². The summed E-state index contributed by atoms with van der Waals surface area (Å²) in [6, 6.07) is 0.256. The fourth-order valence-corrected chi connectivity index (χ4v) is 3.55. The van der Waals surface area contributed by atoms with E-state index in [0.29, 0.717) is 11.7 Å². The third-order valence-corrected chi connectivity index (χ3v) is 4.76. The number of nitrogens with zero attached hydrogens (tertiary/aromatic N) is 2. The molecule has 2 rings (SSSR count). The zero-order valence-electron chi connectivity index (χ0n) is 11.4. The maximum atomic E-state index is 11.2. The summed E-state index contributed by atoms with van der Waals surface area (Å²) in [4.78, 5) is 7.49.